The van der Waals surface area contributed by atoms with Crippen LogP contribution in [0.5, 0.6) is 0 Å². The van der Waals surface area contributed by atoms with Crippen molar-refractivity contribution in [2.45, 2.75) is 57.0 Å². The Morgan fingerprint density at radius 2 is 1.50 bits per heavy atom. The van der Waals surface area contributed by atoms with Crippen molar-refractivity contribution in [3.8, 4) is 0 Å². The Kier molecular flexibility index (Phi) is 3.22. The highest BCUT2D eigenvalue weighted by molar-refractivity contribution is 5.18. The molecular weight excluding hydrogens is 286 g/mol. The van der Waals surface area contributed by atoms with Crippen molar-refractivity contribution < 1.29 is 31.4 Å². The lowest BCUT2D eigenvalue weighted by atomic mass is 9.68. The van der Waals surface area contributed by atoms with Crippen LogP contribution in [0.15, 0.2) is 0 Å². The first kappa shape index (κ1) is 15.9. The van der Waals surface area contributed by atoms with Crippen molar-refractivity contribution in [1.29, 1.82) is 0 Å². The number of hydrogen-bond acceptors (Lipinski definition) is 1. The van der Waals surface area contributed by atoms with E-state index in [0.717, 1.165) is 0 Å². The summed E-state index contributed by atoms with van der Waals surface area (Å²) in [6.07, 6.45) is -6.88. The average Bonchev–Trinajstić information content (AvgIpc) is 2.62. The van der Waals surface area contributed by atoms with Crippen LogP contribution in [0.3, 0.4) is 0 Å². The van der Waals surface area contributed by atoms with Crippen LogP contribution in [0.25, 0.3) is 0 Å². The zero-order valence-electron chi connectivity index (χ0n) is 11.4. The lowest BCUT2D eigenvalue weighted by Crippen LogP contribution is -2.59. The van der Waals surface area contributed by atoms with Gasteiger partial charge in [0.05, 0.1) is 0 Å². The van der Waals surface area contributed by atoms with E-state index in [1.807, 2.05) is 0 Å². The summed E-state index contributed by atoms with van der Waals surface area (Å²) in [5.74, 6) is -7.09. The summed E-state index contributed by atoms with van der Waals surface area (Å²) < 4.78 is 81.2. The van der Waals surface area contributed by atoms with Gasteiger partial charge in [0, 0.05) is 18.3 Å². The van der Waals surface area contributed by atoms with Gasteiger partial charge in [0.2, 0.25) is 0 Å². The molecule has 2 saturated carbocycles. The molecule has 0 aliphatic heterocycles. The maximum Gasteiger partial charge on any atom is 0.417 e. The molecule has 2 bridgehead atoms. The monoisotopic (exact) mass is 304 g/mol. The molecule has 6 unspecified atom stereocenters. The second-order valence-electron chi connectivity index (χ2n) is 6.60. The Morgan fingerprint density at radius 3 is 1.90 bits per heavy atom. The largest absolute Gasteiger partial charge is 0.417 e. The predicted molar refractivity (Wildman–Crippen MR) is 60.0 cm³/mol. The maximum atomic E-state index is 14.8. The van der Waals surface area contributed by atoms with Crippen LogP contribution in [0.2, 0.25) is 0 Å². The van der Waals surface area contributed by atoms with E-state index in [4.69, 9.17) is 0 Å². The van der Waals surface area contributed by atoms with Gasteiger partial charge in [0.25, 0.3) is 5.92 Å². The third kappa shape index (κ3) is 1.81. The first-order chi connectivity index (χ1) is 8.76. The van der Waals surface area contributed by atoms with Gasteiger partial charge in [-0.15, -0.1) is 0 Å². The molecule has 1 N–H and O–H groups in total. The van der Waals surface area contributed by atoms with Crippen LogP contribution in [0.4, 0.5) is 26.3 Å². The molecule has 2 rings (SSSR count). The summed E-state index contributed by atoms with van der Waals surface area (Å²) in [5, 5.41) is 9.39. The van der Waals surface area contributed by atoms with Gasteiger partial charge in [-0.25, -0.2) is 13.2 Å². The van der Waals surface area contributed by atoms with Crippen molar-refractivity contribution >= 4 is 0 Å². The molecule has 0 aromatic rings. The van der Waals surface area contributed by atoms with E-state index in [9.17, 15) is 31.4 Å². The van der Waals surface area contributed by atoms with Gasteiger partial charge in [-0.2, -0.15) is 13.2 Å². The minimum absolute atomic E-state index is 0.125. The van der Waals surface area contributed by atoms with E-state index >= 15 is 0 Å². The van der Waals surface area contributed by atoms with E-state index in [1.54, 1.807) is 13.8 Å². The Balaban J connectivity index is 2.36. The van der Waals surface area contributed by atoms with Crippen molar-refractivity contribution in [2.75, 3.05) is 0 Å². The highest BCUT2D eigenvalue weighted by Crippen LogP contribution is 2.67. The number of aliphatic hydroxyl groups is 1. The Morgan fingerprint density at radius 1 is 1.05 bits per heavy atom. The van der Waals surface area contributed by atoms with Crippen molar-refractivity contribution in [1.82, 2.24) is 0 Å². The van der Waals surface area contributed by atoms with Crippen LogP contribution >= 0.6 is 0 Å². The van der Waals surface area contributed by atoms with Crippen molar-refractivity contribution in [2.24, 2.45) is 23.7 Å². The molecule has 2 aliphatic rings. The summed E-state index contributed by atoms with van der Waals surface area (Å²) in [7, 11) is 0. The van der Waals surface area contributed by atoms with Crippen LogP contribution < -0.4 is 0 Å². The molecule has 0 saturated heterocycles. The fraction of sp³-hybridized carbons (Fsp3) is 1.00. The third-order valence-corrected chi connectivity index (χ3v) is 5.43. The second kappa shape index (κ2) is 4.05. The molecule has 2 aliphatic carbocycles. The molecule has 118 valence electrons. The predicted octanol–water partition coefficient (Wildman–Crippen LogP) is 3.96. The van der Waals surface area contributed by atoms with E-state index in [2.05, 4.69) is 0 Å². The average molecular weight is 304 g/mol. The number of rotatable bonds is 2. The molecule has 0 spiro atoms. The Labute approximate surface area is 113 Å². The highest BCUT2D eigenvalue weighted by atomic mass is 19.4. The smallest absolute Gasteiger partial charge is 0.381 e. The molecule has 0 amide bonds. The van der Waals surface area contributed by atoms with E-state index < -0.39 is 53.5 Å². The van der Waals surface area contributed by atoms with E-state index in [0.29, 0.717) is 6.92 Å². The van der Waals surface area contributed by atoms with E-state index in [1.165, 1.54) is 0 Å². The lowest BCUT2D eigenvalue weighted by Gasteiger charge is -2.45. The fourth-order valence-corrected chi connectivity index (χ4v) is 3.92. The van der Waals surface area contributed by atoms with Gasteiger partial charge in [0.1, 0.15) is 0 Å². The maximum absolute atomic E-state index is 14.8. The molecule has 2 fully saturated rings. The molecular formula is C13H18F6O. The summed E-state index contributed by atoms with van der Waals surface area (Å²) in [6.45, 7) is 3.51. The molecule has 0 heterocycles. The summed E-state index contributed by atoms with van der Waals surface area (Å²) in [4.78, 5) is 0. The molecule has 0 radical (unpaired) electrons. The summed E-state index contributed by atoms with van der Waals surface area (Å²) >= 11 is 0. The summed E-state index contributed by atoms with van der Waals surface area (Å²) in [5.41, 5.74) is -6.76. The normalized spacial score (nSPS) is 46.5. The van der Waals surface area contributed by atoms with Gasteiger partial charge in [-0.05, 0) is 25.2 Å². The standard InChI is InChI=1S/C13H18F6O/c1-6-7(2)9-4-8(6)11(14,12(9,15)16)5-10(3,20)13(17,18)19/h6-9,20H,4-5H2,1-3H3. The van der Waals surface area contributed by atoms with Crippen molar-refractivity contribution in [3.63, 3.8) is 0 Å². The number of alkyl halides is 6. The minimum Gasteiger partial charge on any atom is -0.381 e. The van der Waals surface area contributed by atoms with Gasteiger partial charge in [-0.3, -0.25) is 0 Å². The van der Waals surface area contributed by atoms with Crippen LogP contribution in [-0.4, -0.2) is 28.5 Å². The number of halogens is 6. The SMILES string of the molecule is CC1C(C)C2CC1C(F)(F)C2(F)CC(C)(O)C(F)(F)F. The quantitative estimate of drug-likeness (QED) is 0.766. The summed E-state index contributed by atoms with van der Waals surface area (Å²) in [6, 6.07) is 0. The van der Waals surface area contributed by atoms with Gasteiger partial charge >= 0.3 is 6.18 Å². The molecule has 6 atom stereocenters. The molecule has 7 heteroatoms. The fourth-order valence-electron chi connectivity index (χ4n) is 3.92. The minimum atomic E-state index is -5.14. The first-order valence-corrected chi connectivity index (χ1v) is 6.61. The Hall–Kier alpha value is -0.460. The van der Waals surface area contributed by atoms with E-state index in [-0.39, 0.29) is 6.42 Å². The first-order valence-electron chi connectivity index (χ1n) is 6.61. The van der Waals surface area contributed by atoms with Gasteiger partial charge in [-0.1, -0.05) is 13.8 Å². The number of fused-ring (bicyclic) bond motifs is 2. The van der Waals surface area contributed by atoms with Crippen LogP contribution in [0, 0.1) is 23.7 Å². The molecule has 1 nitrogen and oxygen atoms in total. The zero-order valence-corrected chi connectivity index (χ0v) is 11.4. The highest BCUT2D eigenvalue weighted by Gasteiger charge is 2.77. The van der Waals surface area contributed by atoms with Gasteiger partial charge in [0.15, 0.2) is 11.3 Å². The van der Waals surface area contributed by atoms with Gasteiger partial charge < -0.3 is 5.11 Å². The zero-order chi connectivity index (χ0) is 15.7. The topological polar surface area (TPSA) is 20.2 Å². The number of hydrogen-bond donors (Lipinski definition) is 1. The van der Waals surface area contributed by atoms with Crippen LogP contribution in [0.1, 0.15) is 33.6 Å². The molecule has 20 heavy (non-hydrogen) atoms. The molecule has 0 aromatic carbocycles. The van der Waals surface area contributed by atoms with Crippen molar-refractivity contribution in [3.05, 3.63) is 0 Å². The van der Waals surface area contributed by atoms with Crippen LogP contribution in [-0.2, 0) is 0 Å². The third-order valence-electron chi connectivity index (χ3n) is 5.43. The lowest BCUT2D eigenvalue weighted by molar-refractivity contribution is -0.286. The molecule has 0 aromatic heterocycles. The second-order valence-corrected chi connectivity index (χ2v) is 6.60. The Bertz CT molecular complexity index is 404.